The van der Waals surface area contributed by atoms with Crippen molar-refractivity contribution >= 4 is 5.97 Å². The summed E-state index contributed by atoms with van der Waals surface area (Å²) in [5, 5.41) is 12.7. The van der Waals surface area contributed by atoms with Crippen LogP contribution in [0, 0.1) is 5.92 Å². The summed E-state index contributed by atoms with van der Waals surface area (Å²) in [4.78, 5) is 13.4. The number of likely N-dealkylation sites (tertiary alicyclic amines) is 1. The zero-order valence-corrected chi connectivity index (χ0v) is 16.4. The van der Waals surface area contributed by atoms with E-state index in [1.165, 1.54) is 36.8 Å². The van der Waals surface area contributed by atoms with Gasteiger partial charge >= 0.3 is 5.97 Å². The Hall–Kier alpha value is -2.17. The number of nitrogens with one attached hydrogen (secondary N) is 1. The smallest absolute Gasteiger partial charge is 0.335 e. The summed E-state index contributed by atoms with van der Waals surface area (Å²) in [7, 11) is 0. The average Bonchev–Trinajstić information content (AvgIpc) is 3.50. The van der Waals surface area contributed by atoms with Crippen LogP contribution < -0.4 is 5.32 Å². The lowest BCUT2D eigenvalue weighted by Crippen LogP contribution is -2.34. The van der Waals surface area contributed by atoms with Crippen LogP contribution in [0.25, 0.3) is 0 Å². The first kappa shape index (κ1) is 19.2. The molecule has 0 aromatic heterocycles. The Morgan fingerprint density at radius 3 is 2.43 bits per heavy atom. The molecule has 2 atom stereocenters. The van der Waals surface area contributed by atoms with Crippen molar-refractivity contribution in [2.24, 2.45) is 5.92 Å². The van der Waals surface area contributed by atoms with E-state index in [4.69, 9.17) is 5.11 Å². The Morgan fingerprint density at radius 1 is 1.04 bits per heavy atom. The number of piperidine rings is 1. The minimum atomic E-state index is -0.859. The Morgan fingerprint density at radius 2 is 1.75 bits per heavy atom. The predicted octanol–water partition coefficient (Wildman–Crippen LogP) is 4.13. The topological polar surface area (TPSA) is 52.6 Å². The van der Waals surface area contributed by atoms with Gasteiger partial charge in [-0.1, -0.05) is 42.5 Å². The van der Waals surface area contributed by atoms with E-state index in [0.29, 0.717) is 11.6 Å². The number of nitrogens with zero attached hydrogens (tertiary/aromatic N) is 1. The van der Waals surface area contributed by atoms with Gasteiger partial charge in [-0.15, -0.1) is 0 Å². The third-order valence-corrected chi connectivity index (χ3v) is 6.29. The molecule has 2 aromatic carbocycles. The van der Waals surface area contributed by atoms with Crippen LogP contribution in [0.5, 0.6) is 0 Å². The van der Waals surface area contributed by atoms with Gasteiger partial charge in [0.25, 0.3) is 0 Å². The first-order valence-electron chi connectivity index (χ1n) is 10.5. The van der Waals surface area contributed by atoms with E-state index in [1.807, 2.05) is 12.1 Å². The number of carboxylic acid groups (broad SMARTS) is 1. The van der Waals surface area contributed by atoms with Crippen molar-refractivity contribution in [3.05, 3.63) is 71.3 Å². The fourth-order valence-corrected chi connectivity index (χ4v) is 4.41. The zero-order chi connectivity index (χ0) is 19.3. The molecular formula is C24H30N2O2. The zero-order valence-electron chi connectivity index (χ0n) is 16.4. The normalized spacial score (nSPS) is 22.9. The van der Waals surface area contributed by atoms with E-state index in [2.05, 4.69) is 40.5 Å². The molecule has 1 saturated carbocycles. The van der Waals surface area contributed by atoms with Gasteiger partial charge in [-0.25, -0.2) is 4.79 Å². The summed E-state index contributed by atoms with van der Waals surface area (Å²) in [5.74, 6) is 0.685. The second kappa shape index (κ2) is 8.89. The number of benzene rings is 2. The van der Waals surface area contributed by atoms with Gasteiger partial charge in [-0.3, -0.25) is 4.90 Å². The molecule has 4 rings (SSSR count). The number of carbonyl (C=O) groups is 1. The molecule has 148 valence electrons. The van der Waals surface area contributed by atoms with Crippen molar-refractivity contribution in [3.8, 4) is 0 Å². The van der Waals surface area contributed by atoms with Crippen LogP contribution in [0.3, 0.4) is 0 Å². The number of hydrogen-bond donors (Lipinski definition) is 2. The molecule has 0 spiro atoms. The largest absolute Gasteiger partial charge is 0.478 e. The Bertz CT molecular complexity index is 767. The molecule has 4 heteroatoms. The molecule has 2 N–H and O–H groups in total. The number of rotatable bonds is 8. The van der Waals surface area contributed by atoms with Crippen molar-refractivity contribution in [2.45, 2.75) is 44.2 Å². The lowest BCUT2D eigenvalue weighted by atomic mass is 9.93. The van der Waals surface area contributed by atoms with E-state index in [1.54, 1.807) is 12.1 Å². The summed E-state index contributed by atoms with van der Waals surface area (Å²) in [6, 6.07) is 18.8. The van der Waals surface area contributed by atoms with Gasteiger partial charge in [0.05, 0.1) is 5.56 Å². The second-order valence-electron chi connectivity index (χ2n) is 8.32. The first-order valence-corrected chi connectivity index (χ1v) is 10.5. The molecule has 28 heavy (non-hydrogen) atoms. The fourth-order valence-electron chi connectivity index (χ4n) is 4.41. The highest BCUT2D eigenvalue weighted by Gasteiger charge is 2.37. The second-order valence-corrected chi connectivity index (χ2v) is 8.32. The molecule has 0 bridgehead atoms. The highest BCUT2D eigenvalue weighted by Crippen LogP contribution is 2.40. The van der Waals surface area contributed by atoms with Crippen LogP contribution in [0.1, 0.15) is 53.1 Å². The molecule has 0 amide bonds. The van der Waals surface area contributed by atoms with Crippen LogP contribution in [-0.2, 0) is 6.54 Å². The minimum Gasteiger partial charge on any atom is -0.478 e. The average molecular weight is 379 g/mol. The maximum absolute atomic E-state index is 10.9. The molecule has 0 unspecified atom stereocenters. The van der Waals surface area contributed by atoms with Crippen molar-refractivity contribution in [2.75, 3.05) is 19.6 Å². The quantitative estimate of drug-likeness (QED) is 0.725. The molecule has 2 fully saturated rings. The van der Waals surface area contributed by atoms with Crippen LogP contribution >= 0.6 is 0 Å². The van der Waals surface area contributed by atoms with E-state index in [0.717, 1.165) is 38.0 Å². The molecule has 1 heterocycles. The lowest BCUT2D eigenvalue weighted by molar-refractivity contribution is 0.0697. The number of carboxylic acids is 1. The fraction of sp³-hybridized carbons (Fsp3) is 0.458. The Balaban J connectivity index is 1.13. The van der Waals surface area contributed by atoms with E-state index in [9.17, 15) is 4.79 Å². The molecule has 1 aliphatic heterocycles. The van der Waals surface area contributed by atoms with Crippen molar-refractivity contribution in [1.29, 1.82) is 0 Å². The maximum Gasteiger partial charge on any atom is 0.335 e. The van der Waals surface area contributed by atoms with Crippen LogP contribution in [-0.4, -0.2) is 41.7 Å². The minimum absolute atomic E-state index is 0.361. The van der Waals surface area contributed by atoms with Gasteiger partial charge in [0.15, 0.2) is 0 Å². The van der Waals surface area contributed by atoms with E-state index < -0.39 is 5.97 Å². The molecule has 0 radical (unpaired) electrons. The highest BCUT2D eigenvalue weighted by atomic mass is 16.4. The van der Waals surface area contributed by atoms with Crippen LogP contribution in [0.2, 0.25) is 0 Å². The van der Waals surface area contributed by atoms with Gasteiger partial charge in [0, 0.05) is 18.5 Å². The monoisotopic (exact) mass is 378 g/mol. The highest BCUT2D eigenvalue weighted by molar-refractivity contribution is 5.87. The first-order chi connectivity index (χ1) is 13.7. The standard InChI is InChI=1S/C24H30N2O2/c27-24(28)21-8-6-19(7-9-21)17-26-14-11-18(12-15-26)10-13-25-23-16-22(23)20-4-2-1-3-5-20/h1-9,18,22-23,25H,10-17H2,(H,27,28)/t22-,23+/m0/s1. The Labute approximate surface area is 167 Å². The van der Waals surface area contributed by atoms with E-state index >= 15 is 0 Å². The lowest BCUT2D eigenvalue weighted by Gasteiger charge is -2.32. The van der Waals surface area contributed by atoms with Crippen LogP contribution in [0.4, 0.5) is 0 Å². The van der Waals surface area contributed by atoms with E-state index in [-0.39, 0.29) is 0 Å². The third-order valence-electron chi connectivity index (χ3n) is 6.29. The molecular weight excluding hydrogens is 348 g/mol. The molecule has 1 saturated heterocycles. The third kappa shape index (κ3) is 5.00. The SMILES string of the molecule is O=C(O)c1ccc(CN2CCC(CCN[C@@H]3C[C@H]3c3ccccc3)CC2)cc1. The number of hydrogen-bond acceptors (Lipinski definition) is 3. The van der Waals surface area contributed by atoms with Crippen molar-refractivity contribution in [1.82, 2.24) is 10.2 Å². The predicted molar refractivity (Wildman–Crippen MR) is 112 cm³/mol. The van der Waals surface area contributed by atoms with Gasteiger partial charge < -0.3 is 10.4 Å². The summed E-state index contributed by atoms with van der Waals surface area (Å²) in [6.07, 6.45) is 5.09. The van der Waals surface area contributed by atoms with Crippen molar-refractivity contribution < 1.29 is 9.90 Å². The maximum atomic E-state index is 10.9. The van der Waals surface area contributed by atoms with Crippen molar-refractivity contribution in [3.63, 3.8) is 0 Å². The Kier molecular flexibility index (Phi) is 6.08. The van der Waals surface area contributed by atoms with Gasteiger partial charge in [0.2, 0.25) is 0 Å². The molecule has 2 aliphatic rings. The summed E-state index contributed by atoms with van der Waals surface area (Å²) in [5.41, 5.74) is 3.04. The summed E-state index contributed by atoms with van der Waals surface area (Å²) in [6.45, 7) is 4.34. The molecule has 2 aromatic rings. The summed E-state index contributed by atoms with van der Waals surface area (Å²) < 4.78 is 0. The van der Waals surface area contributed by atoms with Gasteiger partial charge in [-0.2, -0.15) is 0 Å². The summed E-state index contributed by atoms with van der Waals surface area (Å²) >= 11 is 0. The van der Waals surface area contributed by atoms with Gasteiger partial charge in [-0.05, 0) is 74.5 Å². The molecule has 1 aliphatic carbocycles. The number of aromatic carboxylic acids is 1. The molecule has 4 nitrogen and oxygen atoms in total. The van der Waals surface area contributed by atoms with Crippen LogP contribution in [0.15, 0.2) is 54.6 Å². The van der Waals surface area contributed by atoms with Gasteiger partial charge in [0.1, 0.15) is 0 Å².